The second-order valence-electron chi connectivity index (χ2n) is 9.50. The van der Waals surface area contributed by atoms with Gasteiger partial charge in [0, 0.05) is 23.6 Å². The molecule has 2 N–H and O–H groups in total. The quantitative estimate of drug-likeness (QED) is 0.422. The lowest BCUT2D eigenvalue weighted by Crippen LogP contribution is -2.21. The van der Waals surface area contributed by atoms with Gasteiger partial charge in [-0.15, -0.1) is 0 Å². The van der Waals surface area contributed by atoms with E-state index in [1.807, 2.05) is 62.4 Å². The molecule has 1 aliphatic carbocycles. The molecule has 0 fully saturated rings. The summed E-state index contributed by atoms with van der Waals surface area (Å²) in [5.74, 6) is 0.312. The van der Waals surface area contributed by atoms with Gasteiger partial charge in [-0.3, -0.25) is 5.32 Å². The molecular formula is C29H33NO5. The first kappa shape index (κ1) is 24.6. The van der Waals surface area contributed by atoms with Crippen LogP contribution in [0.5, 0.6) is 5.75 Å². The molecule has 6 nitrogen and oxygen atoms in total. The monoisotopic (exact) mass is 475 g/mol. The van der Waals surface area contributed by atoms with E-state index in [1.54, 1.807) is 6.07 Å². The molecule has 1 heterocycles. The normalized spacial score (nSPS) is 14.5. The third-order valence-electron chi connectivity index (χ3n) is 6.58. The highest BCUT2D eigenvalue weighted by atomic mass is 16.5. The molecule has 1 atom stereocenters. The lowest BCUT2D eigenvalue weighted by molar-refractivity contribution is 0.155. The molecule has 0 saturated carbocycles. The molecule has 1 unspecified atom stereocenters. The van der Waals surface area contributed by atoms with Gasteiger partial charge in [0.05, 0.1) is 5.56 Å². The predicted molar refractivity (Wildman–Crippen MR) is 136 cm³/mol. The van der Waals surface area contributed by atoms with E-state index in [9.17, 15) is 14.7 Å². The summed E-state index contributed by atoms with van der Waals surface area (Å²) in [6.07, 6.45) is 4.95. The molecule has 184 valence electrons. The topological polar surface area (TPSA) is 88.8 Å². The summed E-state index contributed by atoms with van der Waals surface area (Å²) in [4.78, 5) is 25.5. The number of anilines is 1. The molecule has 1 aliphatic rings. The number of carbonyl (C=O) groups is 1. The van der Waals surface area contributed by atoms with Gasteiger partial charge in [-0.2, -0.15) is 0 Å². The van der Waals surface area contributed by atoms with Gasteiger partial charge < -0.3 is 14.3 Å². The molecule has 1 amide bonds. The molecule has 6 heteroatoms. The SMILES string of the molecule is CC(C)C(c1cccc(NC(=O)OCc2ccccc2)c1)c1c(O)c2c(oc1=O)CCCCCC2. The Balaban J connectivity index is 1.59. The molecule has 0 aliphatic heterocycles. The lowest BCUT2D eigenvalue weighted by atomic mass is 9.81. The second-order valence-corrected chi connectivity index (χ2v) is 9.50. The Labute approximate surface area is 206 Å². The summed E-state index contributed by atoms with van der Waals surface area (Å²) in [5.41, 5.74) is 2.85. The number of fused-ring (bicyclic) bond motifs is 1. The van der Waals surface area contributed by atoms with E-state index in [0.717, 1.165) is 42.4 Å². The fourth-order valence-electron chi connectivity index (χ4n) is 4.87. The number of rotatable bonds is 6. The highest BCUT2D eigenvalue weighted by Crippen LogP contribution is 2.39. The minimum atomic E-state index is -0.560. The molecule has 3 aromatic rings. The van der Waals surface area contributed by atoms with Crippen LogP contribution in [0.15, 0.2) is 63.8 Å². The van der Waals surface area contributed by atoms with Crippen LogP contribution in [0.25, 0.3) is 0 Å². The van der Waals surface area contributed by atoms with Crippen molar-refractivity contribution in [2.24, 2.45) is 5.92 Å². The summed E-state index contributed by atoms with van der Waals surface area (Å²) in [6, 6.07) is 16.8. The number of amides is 1. The van der Waals surface area contributed by atoms with Crippen LogP contribution in [0.1, 0.15) is 73.5 Å². The third-order valence-corrected chi connectivity index (χ3v) is 6.58. The fourth-order valence-corrected chi connectivity index (χ4v) is 4.87. The average molecular weight is 476 g/mol. The van der Waals surface area contributed by atoms with Gasteiger partial charge in [-0.25, -0.2) is 9.59 Å². The number of hydrogen-bond acceptors (Lipinski definition) is 5. The molecule has 0 radical (unpaired) electrons. The van der Waals surface area contributed by atoms with E-state index in [1.165, 1.54) is 0 Å². The maximum Gasteiger partial charge on any atom is 0.411 e. The molecule has 0 bridgehead atoms. The van der Waals surface area contributed by atoms with Crippen molar-refractivity contribution in [2.75, 3.05) is 5.32 Å². The van der Waals surface area contributed by atoms with Crippen molar-refractivity contribution in [2.45, 2.75) is 64.9 Å². The first-order valence-electron chi connectivity index (χ1n) is 12.4. The van der Waals surface area contributed by atoms with Crippen molar-refractivity contribution < 1.29 is 19.1 Å². The van der Waals surface area contributed by atoms with Gasteiger partial charge >= 0.3 is 11.7 Å². The average Bonchev–Trinajstić information content (AvgIpc) is 2.82. The van der Waals surface area contributed by atoms with Crippen molar-refractivity contribution in [3.63, 3.8) is 0 Å². The van der Waals surface area contributed by atoms with E-state index < -0.39 is 11.7 Å². The molecule has 2 aromatic carbocycles. The predicted octanol–water partition coefficient (Wildman–Crippen LogP) is 6.54. The lowest BCUT2D eigenvalue weighted by Gasteiger charge is -2.24. The molecule has 1 aromatic heterocycles. The van der Waals surface area contributed by atoms with Gasteiger partial charge in [-0.1, -0.05) is 69.2 Å². The standard InChI is InChI=1S/C29H33NO5/c1-19(2)25(26-27(31)23-15-8-3-4-9-16-24(23)35-28(26)32)21-13-10-14-22(17-21)30-29(33)34-18-20-11-6-5-7-12-20/h5-7,10-14,17,19,25,31H,3-4,8-9,15-16,18H2,1-2H3,(H,30,33). The zero-order valence-corrected chi connectivity index (χ0v) is 20.4. The van der Waals surface area contributed by atoms with E-state index in [2.05, 4.69) is 5.32 Å². The van der Waals surface area contributed by atoms with Crippen LogP contribution in [0.4, 0.5) is 10.5 Å². The number of ether oxygens (including phenoxy) is 1. The highest BCUT2D eigenvalue weighted by molar-refractivity contribution is 5.84. The van der Waals surface area contributed by atoms with Crippen molar-refractivity contribution >= 4 is 11.8 Å². The Morgan fingerprint density at radius 1 is 1.03 bits per heavy atom. The minimum absolute atomic E-state index is 0.00990. The van der Waals surface area contributed by atoms with E-state index in [4.69, 9.17) is 9.15 Å². The number of aromatic hydroxyl groups is 1. The minimum Gasteiger partial charge on any atom is -0.507 e. The Hall–Kier alpha value is -3.54. The van der Waals surface area contributed by atoms with E-state index in [0.29, 0.717) is 29.9 Å². The zero-order chi connectivity index (χ0) is 24.8. The van der Waals surface area contributed by atoms with Crippen LogP contribution in [-0.2, 0) is 24.2 Å². The number of aryl methyl sites for hydroxylation is 1. The Kier molecular flexibility index (Phi) is 7.91. The maximum atomic E-state index is 13.1. The van der Waals surface area contributed by atoms with Gasteiger partial charge in [0.25, 0.3) is 0 Å². The van der Waals surface area contributed by atoms with Crippen LogP contribution in [0.3, 0.4) is 0 Å². The Bertz CT molecular complexity index is 1220. The van der Waals surface area contributed by atoms with Crippen LogP contribution in [-0.4, -0.2) is 11.2 Å². The molecule has 0 spiro atoms. The largest absolute Gasteiger partial charge is 0.507 e. The first-order valence-corrected chi connectivity index (χ1v) is 12.4. The maximum absolute atomic E-state index is 13.1. The van der Waals surface area contributed by atoms with Gasteiger partial charge in [0.1, 0.15) is 18.1 Å². The van der Waals surface area contributed by atoms with Crippen molar-refractivity contribution in [3.8, 4) is 5.75 Å². The summed E-state index contributed by atoms with van der Waals surface area (Å²) in [7, 11) is 0. The van der Waals surface area contributed by atoms with Crippen molar-refractivity contribution in [3.05, 3.63) is 93.0 Å². The van der Waals surface area contributed by atoms with Crippen molar-refractivity contribution in [1.82, 2.24) is 0 Å². The van der Waals surface area contributed by atoms with Gasteiger partial charge in [-0.05, 0) is 48.4 Å². The first-order chi connectivity index (χ1) is 16.9. The summed E-state index contributed by atoms with van der Waals surface area (Å²) >= 11 is 0. The fraction of sp³-hybridized carbons (Fsp3) is 0.379. The smallest absolute Gasteiger partial charge is 0.411 e. The Morgan fingerprint density at radius 2 is 1.77 bits per heavy atom. The molecule has 35 heavy (non-hydrogen) atoms. The van der Waals surface area contributed by atoms with Crippen LogP contribution in [0.2, 0.25) is 0 Å². The van der Waals surface area contributed by atoms with Crippen LogP contribution >= 0.6 is 0 Å². The summed E-state index contributed by atoms with van der Waals surface area (Å²) < 4.78 is 11.1. The van der Waals surface area contributed by atoms with Crippen LogP contribution in [0, 0.1) is 5.92 Å². The molecule has 0 saturated heterocycles. The number of benzene rings is 2. The number of carbonyl (C=O) groups excluding carboxylic acids is 1. The summed E-state index contributed by atoms with van der Waals surface area (Å²) in [6.45, 7) is 4.19. The number of hydrogen-bond donors (Lipinski definition) is 2. The third kappa shape index (κ3) is 5.94. The second kappa shape index (κ2) is 11.3. The Morgan fingerprint density at radius 3 is 2.51 bits per heavy atom. The van der Waals surface area contributed by atoms with Crippen LogP contribution < -0.4 is 10.9 Å². The van der Waals surface area contributed by atoms with Gasteiger partial charge in [0.15, 0.2) is 0 Å². The van der Waals surface area contributed by atoms with Crippen molar-refractivity contribution in [1.29, 1.82) is 0 Å². The highest BCUT2D eigenvalue weighted by Gasteiger charge is 2.29. The molecular weight excluding hydrogens is 442 g/mol. The van der Waals surface area contributed by atoms with E-state index >= 15 is 0 Å². The van der Waals surface area contributed by atoms with E-state index in [-0.39, 0.29) is 24.2 Å². The summed E-state index contributed by atoms with van der Waals surface area (Å²) in [5, 5.41) is 14.0. The van der Waals surface area contributed by atoms with Gasteiger partial charge in [0.2, 0.25) is 0 Å². The molecule has 4 rings (SSSR count). The zero-order valence-electron chi connectivity index (χ0n) is 20.4. The number of nitrogens with one attached hydrogen (secondary N) is 1.